The number of carbonyl (C=O) groups excluding carboxylic acids is 1. The molecule has 6 nitrogen and oxygen atoms in total. The lowest BCUT2D eigenvalue weighted by molar-refractivity contribution is -0.138. The van der Waals surface area contributed by atoms with Gasteiger partial charge in [0.05, 0.1) is 4.90 Å². The van der Waals surface area contributed by atoms with E-state index in [1.54, 1.807) is 24.3 Å². The number of sulfonamides is 1. The molecule has 0 spiro atoms. The molecule has 2 aliphatic heterocycles. The number of hydrogen-bond acceptors (Lipinski definition) is 4. The molecule has 4 rings (SSSR count). The third-order valence-electron chi connectivity index (χ3n) is 6.22. The number of amides is 1. The fraction of sp³-hybridized carbons (Fsp3) is 0.435. The fourth-order valence-electron chi connectivity index (χ4n) is 4.34. The highest BCUT2D eigenvalue weighted by Crippen LogP contribution is 2.26. The van der Waals surface area contributed by atoms with Crippen LogP contribution in [0.4, 0.5) is 0 Å². The number of piperazine rings is 1. The predicted octanol–water partition coefficient (Wildman–Crippen LogP) is 3.19. The van der Waals surface area contributed by atoms with Crippen molar-refractivity contribution < 1.29 is 13.2 Å². The maximum Gasteiger partial charge on any atom is 0.243 e. The van der Waals surface area contributed by atoms with Gasteiger partial charge in [-0.1, -0.05) is 52.3 Å². The predicted molar refractivity (Wildman–Crippen MR) is 124 cm³/mol. The van der Waals surface area contributed by atoms with Crippen molar-refractivity contribution in [3.05, 3.63) is 64.6 Å². The van der Waals surface area contributed by atoms with Crippen molar-refractivity contribution in [3.8, 4) is 0 Å². The van der Waals surface area contributed by atoms with Gasteiger partial charge in [-0.05, 0) is 36.6 Å². The molecular weight excluding hydrogens is 478 g/mol. The lowest BCUT2D eigenvalue weighted by Crippen LogP contribution is -2.51. The van der Waals surface area contributed by atoms with E-state index in [0.29, 0.717) is 30.8 Å². The van der Waals surface area contributed by atoms with Gasteiger partial charge >= 0.3 is 0 Å². The Kier molecular flexibility index (Phi) is 7.11. The molecule has 0 radical (unpaired) electrons. The Morgan fingerprint density at radius 3 is 2.13 bits per heavy atom. The zero-order valence-corrected chi connectivity index (χ0v) is 19.9. The van der Waals surface area contributed by atoms with Crippen LogP contribution < -0.4 is 0 Å². The van der Waals surface area contributed by atoms with Crippen LogP contribution in [-0.2, 0) is 21.4 Å². The van der Waals surface area contributed by atoms with Crippen LogP contribution in [0.2, 0.25) is 0 Å². The summed E-state index contributed by atoms with van der Waals surface area (Å²) in [5, 5.41) is 0. The summed E-state index contributed by atoms with van der Waals surface area (Å²) in [6, 6.07) is 16.8. The summed E-state index contributed by atoms with van der Waals surface area (Å²) in [5.74, 6) is 0.0920. The Bertz CT molecular complexity index is 1000. The highest BCUT2D eigenvalue weighted by atomic mass is 79.9. The topological polar surface area (TPSA) is 60.9 Å². The summed E-state index contributed by atoms with van der Waals surface area (Å²) in [4.78, 5) is 17.7. The number of halogens is 1. The normalized spacial score (nSPS) is 19.5. The van der Waals surface area contributed by atoms with Crippen LogP contribution in [0.25, 0.3) is 0 Å². The zero-order valence-electron chi connectivity index (χ0n) is 17.5. The molecule has 0 atom stereocenters. The van der Waals surface area contributed by atoms with Crippen molar-refractivity contribution in [3.63, 3.8) is 0 Å². The number of rotatable bonds is 5. The molecule has 2 saturated heterocycles. The molecule has 0 unspecified atom stereocenters. The first kappa shape index (κ1) is 22.5. The van der Waals surface area contributed by atoms with Crippen molar-refractivity contribution in [2.24, 2.45) is 5.92 Å². The summed E-state index contributed by atoms with van der Waals surface area (Å²) in [6.07, 6.45) is 1.17. The minimum Gasteiger partial charge on any atom is -0.340 e. The van der Waals surface area contributed by atoms with Crippen molar-refractivity contribution in [1.29, 1.82) is 0 Å². The summed E-state index contributed by atoms with van der Waals surface area (Å²) in [5.41, 5.74) is 1.26. The van der Waals surface area contributed by atoms with Crippen LogP contribution in [-0.4, -0.2) is 67.7 Å². The van der Waals surface area contributed by atoms with Gasteiger partial charge in [0.25, 0.3) is 0 Å². The minimum absolute atomic E-state index is 0.0861. The van der Waals surface area contributed by atoms with Crippen LogP contribution in [0.1, 0.15) is 18.4 Å². The van der Waals surface area contributed by atoms with Crippen molar-refractivity contribution in [2.45, 2.75) is 24.3 Å². The Hall–Kier alpha value is -1.74. The van der Waals surface area contributed by atoms with Crippen LogP contribution >= 0.6 is 15.9 Å². The van der Waals surface area contributed by atoms with Crippen molar-refractivity contribution in [1.82, 2.24) is 14.1 Å². The largest absolute Gasteiger partial charge is 0.340 e. The Morgan fingerprint density at radius 2 is 1.48 bits per heavy atom. The molecule has 2 aromatic carbocycles. The van der Waals surface area contributed by atoms with E-state index in [1.807, 2.05) is 23.1 Å². The molecular formula is C23H28BrN3O3S. The summed E-state index contributed by atoms with van der Waals surface area (Å²) < 4.78 is 28.2. The second-order valence-corrected chi connectivity index (χ2v) is 11.0. The molecule has 2 aliphatic rings. The summed E-state index contributed by atoms with van der Waals surface area (Å²) in [6.45, 7) is 4.84. The molecule has 2 fully saturated rings. The second-order valence-electron chi connectivity index (χ2n) is 8.18. The van der Waals surface area contributed by atoms with Crippen molar-refractivity contribution in [2.75, 3.05) is 39.3 Å². The third kappa shape index (κ3) is 5.19. The lowest BCUT2D eigenvalue weighted by Gasteiger charge is -2.38. The van der Waals surface area contributed by atoms with E-state index >= 15 is 0 Å². The molecule has 2 heterocycles. The van der Waals surface area contributed by atoms with E-state index in [0.717, 1.165) is 37.2 Å². The van der Waals surface area contributed by atoms with E-state index in [-0.39, 0.29) is 11.8 Å². The first-order valence-corrected chi connectivity index (χ1v) is 13.0. The Labute approximate surface area is 193 Å². The summed E-state index contributed by atoms with van der Waals surface area (Å²) >= 11 is 3.61. The van der Waals surface area contributed by atoms with E-state index < -0.39 is 10.0 Å². The number of nitrogens with zero attached hydrogens (tertiary/aromatic N) is 3. The number of carbonyl (C=O) groups is 1. The second kappa shape index (κ2) is 9.81. The third-order valence-corrected chi connectivity index (χ3v) is 8.91. The van der Waals surface area contributed by atoms with Gasteiger partial charge in [0, 0.05) is 56.2 Å². The molecule has 31 heavy (non-hydrogen) atoms. The van der Waals surface area contributed by atoms with Gasteiger partial charge < -0.3 is 4.90 Å². The van der Waals surface area contributed by atoms with Crippen LogP contribution in [0, 0.1) is 5.92 Å². The quantitative estimate of drug-likeness (QED) is 0.625. The van der Waals surface area contributed by atoms with Gasteiger partial charge in [-0.2, -0.15) is 4.31 Å². The van der Waals surface area contributed by atoms with Gasteiger partial charge in [0.2, 0.25) is 15.9 Å². The van der Waals surface area contributed by atoms with E-state index in [1.165, 1.54) is 9.87 Å². The first-order chi connectivity index (χ1) is 14.9. The average Bonchev–Trinajstić information content (AvgIpc) is 2.81. The van der Waals surface area contributed by atoms with Gasteiger partial charge in [0.15, 0.2) is 0 Å². The molecule has 8 heteroatoms. The van der Waals surface area contributed by atoms with Crippen molar-refractivity contribution >= 4 is 31.9 Å². The number of piperidine rings is 1. The fourth-order valence-corrected chi connectivity index (χ4v) is 6.24. The summed E-state index contributed by atoms with van der Waals surface area (Å²) in [7, 11) is -3.48. The molecule has 0 bridgehead atoms. The molecule has 2 aromatic rings. The SMILES string of the molecule is O=C(C1CCN(S(=O)(=O)c2ccccc2)CC1)N1CCN(Cc2ccccc2Br)CC1. The van der Waals surface area contributed by atoms with E-state index in [4.69, 9.17) is 0 Å². The minimum atomic E-state index is -3.48. The smallest absolute Gasteiger partial charge is 0.243 e. The molecule has 0 N–H and O–H groups in total. The Morgan fingerprint density at radius 1 is 0.871 bits per heavy atom. The van der Waals surface area contributed by atoms with Crippen LogP contribution in [0.15, 0.2) is 64.0 Å². The van der Waals surface area contributed by atoms with E-state index in [2.05, 4.69) is 33.0 Å². The maximum atomic E-state index is 13.0. The molecule has 1 amide bonds. The monoisotopic (exact) mass is 505 g/mol. The van der Waals surface area contributed by atoms with Crippen LogP contribution in [0.5, 0.6) is 0 Å². The van der Waals surface area contributed by atoms with Gasteiger partial charge in [0.1, 0.15) is 0 Å². The standard InChI is InChI=1S/C23H28BrN3O3S/c24-22-9-5-4-6-20(22)18-25-14-16-26(17-15-25)23(28)19-10-12-27(13-11-19)31(29,30)21-7-2-1-3-8-21/h1-9,19H,10-18H2. The lowest BCUT2D eigenvalue weighted by atomic mass is 9.96. The molecule has 0 aromatic heterocycles. The van der Waals surface area contributed by atoms with Crippen LogP contribution in [0.3, 0.4) is 0 Å². The highest BCUT2D eigenvalue weighted by molar-refractivity contribution is 9.10. The van der Waals surface area contributed by atoms with Gasteiger partial charge in [-0.3, -0.25) is 9.69 Å². The molecule has 166 valence electrons. The van der Waals surface area contributed by atoms with E-state index in [9.17, 15) is 13.2 Å². The zero-order chi connectivity index (χ0) is 21.8. The molecule has 0 saturated carbocycles. The maximum absolute atomic E-state index is 13.0. The number of hydrogen-bond donors (Lipinski definition) is 0. The highest BCUT2D eigenvalue weighted by Gasteiger charge is 2.34. The van der Waals surface area contributed by atoms with Gasteiger partial charge in [-0.15, -0.1) is 0 Å². The Balaban J connectivity index is 1.27. The first-order valence-electron chi connectivity index (χ1n) is 10.7. The molecule has 0 aliphatic carbocycles. The number of benzene rings is 2. The van der Waals surface area contributed by atoms with Gasteiger partial charge in [-0.25, -0.2) is 8.42 Å². The average molecular weight is 506 g/mol.